The van der Waals surface area contributed by atoms with Gasteiger partial charge in [0.15, 0.2) is 0 Å². The third-order valence-corrected chi connectivity index (χ3v) is 3.95. The quantitative estimate of drug-likeness (QED) is 0.196. The molecular formula is C24H48O3. The molecule has 0 spiro atoms. The van der Waals surface area contributed by atoms with E-state index in [1.165, 1.54) is 32.1 Å². The van der Waals surface area contributed by atoms with Crippen molar-refractivity contribution in [2.45, 2.75) is 137 Å². The highest BCUT2D eigenvalue weighted by Gasteiger charge is 2.49. The van der Waals surface area contributed by atoms with Gasteiger partial charge in [0.1, 0.15) is 0 Å². The molecule has 1 atom stereocenters. The van der Waals surface area contributed by atoms with Gasteiger partial charge in [0.2, 0.25) is 0 Å². The van der Waals surface area contributed by atoms with E-state index in [1.54, 1.807) is 0 Å². The lowest BCUT2D eigenvalue weighted by Gasteiger charge is -2.48. The highest BCUT2D eigenvalue weighted by atomic mass is 16.9. The fourth-order valence-corrected chi connectivity index (χ4v) is 3.15. The molecular weight excluding hydrogens is 336 g/mol. The van der Waals surface area contributed by atoms with Gasteiger partial charge in [-0.05, 0) is 68.7 Å². The van der Waals surface area contributed by atoms with Crippen LogP contribution in [0, 0.1) is 5.92 Å². The van der Waals surface area contributed by atoms with Crippen LogP contribution in [0.2, 0.25) is 0 Å². The second-order valence-corrected chi connectivity index (χ2v) is 10.6. The molecule has 0 radical (unpaired) electrons. The fourth-order valence-electron chi connectivity index (χ4n) is 3.15. The van der Waals surface area contributed by atoms with E-state index in [0.29, 0.717) is 0 Å². The van der Waals surface area contributed by atoms with Crippen LogP contribution < -0.4 is 0 Å². The molecule has 0 fully saturated rings. The summed E-state index contributed by atoms with van der Waals surface area (Å²) in [5.41, 5.74) is -1.21. The van der Waals surface area contributed by atoms with Gasteiger partial charge in [-0.15, -0.1) is 6.58 Å². The van der Waals surface area contributed by atoms with Crippen LogP contribution in [0.1, 0.15) is 114 Å². The Hall–Kier alpha value is -0.380. The van der Waals surface area contributed by atoms with E-state index < -0.39 is 22.8 Å². The Morgan fingerprint density at radius 3 is 1.37 bits per heavy atom. The van der Waals surface area contributed by atoms with Gasteiger partial charge in [-0.2, -0.15) is 0 Å². The predicted molar refractivity (Wildman–Crippen MR) is 117 cm³/mol. The van der Waals surface area contributed by atoms with Crippen LogP contribution >= 0.6 is 0 Å². The summed E-state index contributed by atoms with van der Waals surface area (Å²) in [6, 6.07) is 0. The minimum absolute atomic E-state index is 0.0404. The smallest absolute Gasteiger partial charge is 0.291 e. The number of ether oxygens (including phenoxy) is 3. The summed E-state index contributed by atoms with van der Waals surface area (Å²) < 4.78 is 19.5. The van der Waals surface area contributed by atoms with Crippen molar-refractivity contribution in [1.29, 1.82) is 0 Å². The predicted octanol–water partition coefficient (Wildman–Crippen LogP) is 7.64. The van der Waals surface area contributed by atoms with E-state index in [4.69, 9.17) is 14.2 Å². The van der Waals surface area contributed by atoms with Crippen molar-refractivity contribution in [1.82, 2.24) is 0 Å². The second-order valence-electron chi connectivity index (χ2n) is 10.6. The van der Waals surface area contributed by atoms with Crippen molar-refractivity contribution >= 4 is 0 Å². The normalized spacial score (nSPS) is 15.0. The van der Waals surface area contributed by atoms with Gasteiger partial charge in [-0.1, -0.05) is 51.5 Å². The Labute approximate surface area is 170 Å². The largest absolute Gasteiger partial charge is 0.321 e. The van der Waals surface area contributed by atoms with E-state index in [2.05, 4.69) is 13.5 Å². The summed E-state index contributed by atoms with van der Waals surface area (Å²) in [6.45, 7) is 24.8. The number of hydrogen-bond acceptors (Lipinski definition) is 3. The molecule has 162 valence electrons. The Bertz CT molecular complexity index is 366. The van der Waals surface area contributed by atoms with Crippen molar-refractivity contribution in [3.63, 3.8) is 0 Å². The minimum atomic E-state index is -1.15. The lowest BCUT2D eigenvalue weighted by atomic mass is 9.95. The van der Waals surface area contributed by atoms with E-state index >= 15 is 0 Å². The zero-order valence-corrected chi connectivity index (χ0v) is 20.0. The third kappa shape index (κ3) is 12.6. The topological polar surface area (TPSA) is 27.7 Å². The molecule has 0 N–H and O–H groups in total. The Balaban J connectivity index is 5.53. The average Bonchev–Trinajstić information content (AvgIpc) is 2.40. The zero-order chi connectivity index (χ0) is 21.4. The maximum atomic E-state index is 6.51. The molecule has 27 heavy (non-hydrogen) atoms. The Morgan fingerprint density at radius 2 is 1.04 bits per heavy atom. The van der Waals surface area contributed by atoms with Crippen LogP contribution in [0.25, 0.3) is 0 Å². The van der Waals surface area contributed by atoms with Crippen LogP contribution in [-0.2, 0) is 14.2 Å². The standard InChI is InChI=1S/C24H48O3/c1-12-14-15-16-17-18-19-20(13-2)24(25-21(3,4)5,26-22(6,7)8)27-23(9,10)11/h13,20H,2,12,14-19H2,1,3-11H3. The summed E-state index contributed by atoms with van der Waals surface area (Å²) in [4.78, 5) is 0. The molecule has 1 unspecified atom stereocenters. The van der Waals surface area contributed by atoms with Gasteiger partial charge >= 0.3 is 0 Å². The molecule has 3 heteroatoms. The average molecular weight is 385 g/mol. The first-order valence-corrected chi connectivity index (χ1v) is 10.9. The van der Waals surface area contributed by atoms with Crippen molar-refractivity contribution in [3.05, 3.63) is 12.7 Å². The third-order valence-electron chi connectivity index (χ3n) is 3.95. The van der Waals surface area contributed by atoms with E-state index in [1.807, 2.05) is 68.4 Å². The van der Waals surface area contributed by atoms with Gasteiger partial charge < -0.3 is 14.2 Å². The van der Waals surface area contributed by atoms with Gasteiger partial charge in [0.05, 0.1) is 22.7 Å². The summed E-state index contributed by atoms with van der Waals surface area (Å²) >= 11 is 0. The number of unbranched alkanes of at least 4 members (excludes halogenated alkanes) is 5. The molecule has 0 aliphatic carbocycles. The van der Waals surface area contributed by atoms with Crippen molar-refractivity contribution in [2.24, 2.45) is 5.92 Å². The first-order valence-electron chi connectivity index (χ1n) is 10.9. The molecule has 0 rings (SSSR count). The highest BCUT2D eigenvalue weighted by Crippen LogP contribution is 2.40. The maximum absolute atomic E-state index is 6.51. The fraction of sp³-hybridized carbons (Fsp3) is 0.917. The lowest BCUT2D eigenvalue weighted by molar-refractivity contribution is -0.462. The van der Waals surface area contributed by atoms with Gasteiger partial charge in [-0.25, -0.2) is 0 Å². The van der Waals surface area contributed by atoms with Crippen molar-refractivity contribution < 1.29 is 14.2 Å². The first-order chi connectivity index (χ1) is 12.1. The van der Waals surface area contributed by atoms with Crippen LogP contribution in [-0.4, -0.2) is 22.8 Å². The molecule has 0 aliphatic rings. The minimum Gasteiger partial charge on any atom is -0.321 e. The molecule has 0 heterocycles. The second kappa shape index (κ2) is 11.0. The monoisotopic (exact) mass is 384 g/mol. The first kappa shape index (κ1) is 26.6. The van der Waals surface area contributed by atoms with Gasteiger partial charge in [0.25, 0.3) is 5.97 Å². The summed E-state index contributed by atoms with van der Waals surface area (Å²) in [5.74, 6) is -1.19. The summed E-state index contributed by atoms with van der Waals surface area (Å²) in [5, 5.41) is 0. The molecule has 3 nitrogen and oxygen atoms in total. The van der Waals surface area contributed by atoms with Crippen molar-refractivity contribution in [2.75, 3.05) is 0 Å². The molecule has 0 saturated heterocycles. The van der Waals surface area contributed by atoms with Crippen molar-refractivity contribution in [3.8, 4) is 0 Å². The van der Waals surface area contributed by atoms with Crippen LogP contribution in [0.5, 0.6) is 0 Å². The van der Waals surface area contributed by atoms with E-state index in [0.717, 1.165) is 12.8 Å². The van der Waals surface area contributed by atoms with Crippen LogP contribution in [0.3, 0.4) is 0 Å². The zero-order valence-electron chi connectivity index (χ0n) is 20.0. The highest BCUT2D eigenvalue weighted by molar-refractivity contribution is 4.91. The molecule has 0 aromatic heterocycles. The van der Waals surface area contributed by atoms with E-state index in [9.17, 15) is 0 Å². The summed E-state index contributed by atoms with van der Waals surface area (Å²) in [6.07, 6.45) is 10.4. The molecule has 0 amide bonds. The molecule has 0 aromatic carbocycles. The van der Waals surface area contributed by atoms with Crippen LogP contribution in [0.15, 0.2) is 12.7 Å². The lowest BCUT2D eigenvalue weighted by Crippen LogP contribution is -2.56. The van der Waals surface area contributed by atoms with E-state index in [-0.39, 0.29) is 5.92 Å². The van der Waals surface area contributed by atoms with Crippen LogP contribution in [0.4, 0.5) is 0 Å². The maximum Gasteiger partial charge on any atom is 0.291 e. The molecule has 0 aromatic rings. The van der Waals surface area contributed by atoms with Gasteiger partial charge in [0, 0.05) is 0 Å². The molecule has 0 aliphatic heterocycles. The number of rotatable bonds is 12. The molecule has 0 bridgehead atoms. The number of hydrogen-bond donors (Lipinski definition) is 0. The SMILES string of the molecule is C=CC(CCCCCCCC)C(OC(C)(C)C)(OC(C)(C)C)OC(C)(C)C. The summed E-state index contributed by atoms with van der Waals surface area (Å²) in [7, 11) is 0. The Kier molecular flexibility index (Phi) is 10.8. The van der Waals surface area contributed by atoms with Gasteiger partial charge in [-0.3, -0.25) is 0 Å². The molecule has 0 saturated carbocycles. The Morgan fingerprint density at radius 1 is 0.667 bits per heavy atom.